The summed E-state index contributed by atoms with van der Waals surface area (Å²) in [4.78, 5) is 0. The predicted molar refractivity (Wildman–Crippen MR) is 58.8 cm³/mol. The minimum atomic E-state index is 0.261. The summed E-state index contributed by atoms with van der Waals surface area (Å²) in [5, 5.41) is 12.7. The summed E-state index contributed by atoms with van der Waals surface area (Å²) >= 11 is 0. The van der Waals surface area contributed by atoms with Crippen LogP contribution in [0.1, 0.15) is 29.0 Å². The molecule has 1 aromatic rings. The number of benzene rings is 1. The lowest BCUT2D eigenvalue weighted by Crippen LogP contribution is -2.20. The Kier molecular flexibility index (Phi) is 2.46. The third kappa shape index (κ3) is 1.50. The second-order valence-corrected chi connectivity index (χ2v) is 4.14. The molecule has 2 N–H and O–H groups in total. The fourth-order valence-corrected chi connectivity index (χ4v) is 2.28. The van der Waals surface area contributed by atoms with Gasteiger partial charge in [0.1, 0.15) is 0 Å². The van der Waals surface area contributed by atoms with Gasteiger partial charge in [0.15, 0.2) is 0 Å². The normalized spacial score (nSPS) is 20.1. The number of aliphatic hydroxyl groups is 1. The van der Waals surface area contributed by atoms with E-state index in [2.05, 4.69) is 31.3 Å². The Balaban J connectivity index is 2.51. The number of hydrogen-bond acceptors (Lipinski definition) is 2. The molecule has 2 heteroatoms. The van der Waals surface area contributed by atoms with Crippen LogP contribution in [0.15, 0.2) is 12.1 Å². The average Bonchev–Trinajstić information content (AvgIpc) is 2.17. The van der Waals surface area contributed by atoms with E-state index in [0.717, 1.165) is 13.0 Å². The molecule has 1 atom stereocenters. The Morgan fingerprint density at radius 2 is 2.21 bits per heavy atom. The molecule has 0 fully saturated rings. The van der Waals surface area contributed by atoms with Crippen LogP contribution in [0.3, 0.4) is 0 Å². The zero-order valence-corrected chi connectivity index (χ0v) is 8.80. The molecule has 0 amide bonds. The Morgan fingerprint density at radius 3 is 2.93 bits per heavy atom. The van der Waals surface area contributed by atoms with Crippen LogP contribution in [0.2, 0.25) is 0 Å². The van der Waals surface area contributed by atoms with Crippen molar-refractivity contribution in [1.29, 1.82) is 0 Å². The van der Waals surface area contributed by atoms with E-state index in [1.165, 1.54) is 22.4 Å². The predicted octanol–water partition coefficient (Wildman–Crippen LogP) is 2.19. The summed E-state index contributed by atoms with van der Waals surface area (Å²) < 4.78 is 0. The third-order valence-corrected chi connectivity index (χ3v) is 2.97. The summed E-state index contributed by atoms with van der Waals surface area (Å²) in [6.07, 6.45) is 1.03. The summed E-state index contributed by atoms with van der Waals surface area (Å²) in [5.41, 5.74) is 5.10. The topological polar surface area (TPSA) is 32.3 Å². The van der Waals surface area contributed by atoms with E-state index in [-0.39, 0.29) is 6.61 Å². The van der Waals surface area contributed by atoms with Gasteiger partial charge < -0.3 is 10.4 Å². The first-order valence-electron chi connectivity index (χ1n) is 5.18. The van der Waals surface area contributed by atoms with Crippen molar-refractivity contribution in [1.82, 2.24) is 0 Å². The van der Waals surface area contributed by atoms with Crippen LogP contribution >= 0.6 is 0 Å². The number of anilines is 1. The number of nitrogens with one attached hydrogen (secondary N) is 1. The van der Waals surface area contributed by atoms with Crippen LogP contribution in [-0.4, -0.2) is 18.3 Å². The lowest BCUT2D eigenvalue weighted by Gasteiger charge is -2.27. The lowest BCUT2D eigenvalue weighted by atomic mass is 9.88. The lowest BCUT2D eigenvalue weighted by molar-refractivity contribution is 0.259. The van der Waals surface area contributed by atoms with Crippen LogP contribution in [0.4, 0.5) is 5.69 Å². The van der Waals surface area contributed by atoms with E-state index >= 15 is 0 Å². The molecular formula is C12H17NO. The van der Waals surface area contributed by atoms with E-state index < -0.39 is 0 Å². The zero-order valence-electron chi connectivity index (χ0n) is 8.80. The maximum absolute atomic E-state index is 9.29. The molecule has 0 radical (unpaired) electrons. The van der Waals surface area contributed by atoms with Gasteiger partial charge in [-0.15, -0.1) is 0 Å². The van der Waals surface area contributed by atoms with Crippen LogP contribution in [0.25, 0.3) is 0 Å². The van der Waals surface area contributed by atoms with Crippen molar-refractivity contribution < 1.29 is 5.11 Å². The second-order valence-electron chi connectivity index (χ2n) is 4.14. The molecule has 0 bridgehead atoms. The molecule has 14 heavy (non-hydrogen) atoms. The quantitative estimate of drug-likeness (QED) is 0.713. The number of hydrogen-bond donors (Lipinski definition) is 2. The molecule has 1 aliphatic heterocycles. The van der Waals surface area contributed by atoms with Crippen LogP contribution < -0.4 is 5.32 Å². The summed E-state index contributed by atoms with van der Waals surface area (Å²) in [5.74, 6) is 0.324. The fraction of sp³-hybridized carbons (Fsp3) is 0.500. The highest BCUT2D eigenvalue weighted by Gasteiger charge is 2.20. The minimum Gasteiger partial charge on any atom is -0.396 e. The number of fused-ring (bicyclic) bond motifs is 1. The first kappa shape index (κ1) is 9.53. The molecule has 0 aliphatic carbocycles. The summed E-state index contributed by atoms with van der Waals surface area (Å²) in [6.45, 7) is 5.47. The van der Waals surface area contributed by atoms with Gasteiger partial charge >= 0.3 is 0 Å². The third-order valence-electron chi connectivity index (χ3n) is 2.97. The van der Waals surface area contributed by atoms with E-state index in [1.807, 2.05) is 0 Å². The molecule has 0 spiro atoms. The van der Waals surface area contributed by atoms with Gasteiger partial charge in [0, 0.05) is 18.2 Å². The molecule has 2 rings (SSSR count). The van der Waals surface area contributed by atoms with Crippen LogP contribution in [-0.2, 0) is 0 Å². The molecule has 0 saturated heterocycles. The molecule has 76 valence electrons. The van der Waals surface area contributed by atoms with E-state index in [0.29, 0.717) is 5.92 Å². The molecule has 1 aromatic carbocycles. The van der Waals surface area contributed by atoms with Crippen LogP contribution in [0, 0.1) is 13.8 Å². The molecular weight excluding hydrogens is 174 g/mol. The maximum Gasteiger partial charge on any atom is 0.0501 e. The van der Waals surface area contributed by atoms with Crippen molar-refractivity contribution in [2.75, 3.05) is 18.5 Å². The van der Waals surface area contributed by atoms with Crippen molar-refractivity contribution >= 4 is 5.69 Å². The minimum absolute atomic E-state index is 0.261. The Labute approximate surface area is 85.0 Å². The highest BCUT2D eigenvalue weighted by molar-refractivity contribution is 5.61. The van der Waals surface area contributed by atoms with Gasteiger partial charge in [0.25, 0.3) is 0 Å². The standard InChI is InChI=1S/C12H17NO/c1-8-5-9(2)12-11(6-8)10(7-14)3-4-13-12/h5-6,10,13-14H,3-4,7H2,1-2H3. The van der Waals surface area contributed by atoms with Crippen LogP contribution in [0.5, 0.6) is 0 Å². The number of aryl methyl sites for hydroxylation is 2. The van der Waals surface area contributed by atoms with Gasteiger partial charge in [0.2, 0.25) is 0 Å². The van der Waals surface area contributed by atoms with Crippen molar-refractivity contribution in [3.8, 4) is 0 Å². The highest BCUT2D eigenvalue weighted by atomic mass is 16.3. The summed E-state index contributed by atoms with van der Waals surface area (Å²) in [7, 11) is 0. The van der Waals surface area contributed by atoms with Gasteiger partial charge in [0.05, 0.1) is 6.61 Å². The Bertz CT molecular complexity index is 346. The van der Waals surface area contributed by atoms with Gasteiger partial charge in [-0.3, -0.25) is 0 Å². The van der Waals surface area contributed by atoms with Gasteiger partial charge in [-0.2, -0.15) is 0 Å². The molecule has 2 nitrogen and oxygen atoms in total. The molecule has 0 saturated carbocycles. The largest absolute Gasteiger partial charge is 0.396 e. The Morgan fingerprint density at radius 1 is 1.43 bits per heavy atom. The summed E-state index contributed by atoms with van der Waals surface area (Å²) in [6, 6.07) is 4.38. The van der Waals surface area contributed by atoms with Crippen molar-refractivity contribution in [3.05, 3.63) is 28.8 Å². The zero-order chi connectivity index (χ0) is 10.1. The monoisotopic (exact) mass is 191 g/mol. The first-order valence-corrected chi connectivity index (χ1v) is 5.18. The molecule has 0 aromatic heterocycles. The number of aliphatic hydroxyl groups excluding tert-OH is 1. The van der Waals surface area contributed by atoms with E-state index in [4.69, 9.17) is 0 Å². The van der Waals surface area contributed by atoms with Gasteiger partial charge in [-0.25, -0.2) is 0 Å². The van der Waals surface area contributed by atoms with Gasteiger partial charge in [-0.1, -0.05) is 17.7 Å². The van der Waals surface area contributed by atoms with E-state index in [1.54, 1.807) is 0 Å². The molecule has 1 heterocycles. The smallest absolute Gasteiger partial charge is 0.0501 e. The number of rotatable bonds is 1. The second kappa shape index (κ2) is 3.62. The average molecular weight is 191 g/mol. The van der Waals surface area contributed by atoms with Crippen molar-refractivity contribution in [2.45, 2.75) is 26.2 Å². The van der Waals surface area contributed by atoms with Crippen molar-refractivity contribution in [2.24, 2.45) is 0 Å². The van der Waals surface area contributed by atoms with Gasteiger partial charge in [-0.05, 0) is 31.4 Å². The molecule has 1 aliphatic rings. The SMILES string of the molecule is Cc1cc(C)c2c(c1)C(CO)CCN2. The fourth-order valence-electron chi connectivity index (χ4n) is 2.28. The first-order chi connectivity index (χ1) is 6.72. The molecule has 1 unspecified atom stereocenters. The van der Waals surface area contributed by atoms with Crippen molar-refractivity contribution in [3.63, 3.8) is 0 Å². The highest BCUT2D eigenvalue weighted by Crippen LogP contribution is 2.34. The van der Waals surface area contributed by atoms with E-state index in [9.17, 15) is 5.11 Å². The maximum atomic E-state index is 9.29. The Hall–Kier alpha value is -1.02.